The van der Waals surface area contributed by atoms with Gasteiger partial charge in [0.15, 0.2) is 0 Å². The second-order valence-corrected chi connectivity index (χ2v) is 6.36. The molecule has 140 valence electrons. The van der Waals surface area contributed by atoms with E-state index in [-0.39, 0.29) is 11.1 Å². The number of nitrogens with zero attached hydrogens (tertiary/aromatic N) is 2. The zero-order valence-corrected chi connectivity index (χ0v) is 15.0. The third-order valence-electron chi connectivity index (χ3n) is 4.70. The van der Waals surface area contributed by atoms with Crippen molar-refractivity contribution in [1.29, 1.82) is 0 Å². The summed E-state index contributed by atoms with van der Waals surface area (Å²) in [6.45, 7) is 2.55. The van der Waals surface area contributed by atoms with Crippen LogP contribution in [0.2, 0.25) is 0 Å². The van der Waals surface area contributed by atoms with E-state index in [1.165, 1.54) is 24.3 Å². The van der Waals surface area contributed by atoms with Gasteiger partial charge in [0.1, 0.15) is 17.5 Å². The normalized spacial score (nSPS) is 11.1. The Morgan fingerprint density at radius 2 is 1.75 bits per heavy atom. The number of benzene rings is 3. The summed E-state index contributed by atoms with van der Waals surface area (Å²) in [4.78, 5) is 15.9. The third kappa shape index (κ3) is 2.93. The number of imidazole rings is 1. The number of aryl methyl sites for hydroxylation is 1. The van der Waals surface area contributed by atoms with Gasteiger partial charge in [-0.15, -0.1) is 0 Å². The van der Waals surface area contributed by atoms with E-state index in [4.69, 9.17) is 0 Å². The second-order valence-electron chi connectivity index (χ2n) is 6.36. The lowest BCUT2D eigenvalue weighted by Crippen LogP contribution is -2.00. The smallest absolute Gasteiger partial charge is 0.335 e. The summed E-state index contributed by atoms with van der Waals surface area (Å²) in [6, 6.07) is 15.4. The predicted octanol–water partition coefficient (Wildman–Crippen LogP) is 5.37. The number of aromatic nitrogens is 2. The monoisotopic (exact) mass is 378 g/mol. The fourth-order valence-electron chi connectivity index (χ4n) is 3.41. The van der Waals surface area contributed by atoms with Crippen molar-refractivity contribution in [3.63, 3.8) is 0 Å². The fourth-order valence-corrected chi connectivity index (χ4v) is 3.41. The Morgan fingerprint density at radius 1 is 1.00 bits per heavy atom. The number of aromatic carboxylic acids is 1. The fraction of sp³-hybridized carbons (Fsp3) is 0.0909. The standard InChI is InChI=1S/C22H16F2N2O2/c1-2-26-20-10-7-13(22(27)28)11-19(20)25-21(26)17-6-4-3-5-15(17)16-9-8-14(23)12-18(16)24/h3-12H,2H2,1H3,(H,27,28). The summed E-state index contributed by atoms with van der Waals surface area (Å²) in [5.74, 6) is -1.72. The van der Waals surface area contributed by atoms with Gasteiger partial charge >= 0.3 is 5.97 Å². The summed E-state index contributed by atoms with van der Waals surface area (Å²) in [7, 11) is 0. The highest BCUT2D eigenvalue weighted by Gasteiger charge is 2.18. The van der Waals surface area contributed by atoms with Crippen LogP contribution in [0, 0.1) is 11.6 Å². The van der Waals surface area contributed by atoms with Crippen LogP contribution in [0.25, 0.3) is 33.5 Å². The zero-order valence-electron chi connectivity index (χ0n) is 15.0. The molecule has 0 radical (unpaired) electrons. The average Bonchev–Trinajstić information content (AvgIpc) is 3.05. The lowest BCUT2D eigenvalue weighted by atomic mass is 9.98. The quantitative estimate of drug-likeness (QED) is 0.520. The molecule has 4 aromatic rings. The molecule has 0 amide bonds. The molecule has 0 aliphatic rings. The Bertz CT molecular complexity index is 1210. The van der Waals surface area contributed by atoms with Crippen molar-refractivity contribution in [2.75, 3.05) is 0 Å². The Hall–Kier alpha value is -3.54. The van der Waals surface area contributed by atoms with E-state index in [1.807, 2.05) is 23.6 Å². The number of hydrogen-bond donors (Lipinski definition) is 1. The van der Waals surface area contributed by atoms with Gasteiger partial charge in [0.2, 0.25) is 0 Å². The van der Waals surface area contributed by atoms with Gasteiger partial charge in [-0.3, -0.25) is 0 Å². The van der Waals surface area contributed by atoms with Gasteiger partial charge in [-0.2, -0.15) is 0 Å². The molecule has 3 aromatic carbocycles. The molecule has 0 aliphatic heterocycles. The highest BCUT2D eigenvalue weighted by atomic mass is 19.1. The van der Waals surface area contributed by atoms with Gasteiger partial charge in [0, 0.05) is 23.7 Å². The number of carboxylic acid groups (broad SMARTS) is 1. The molecule has 28 heavy (non-hydrogen) atoms. The lowest BCUT2D eigenvalue weighted by molar-refractivity contribution is 0.0697. The maximum Gasteiger partial charge on any atom is 0.335 e. The van der Waals surface area contributed by atoms with Crippen LogP contribution in [0.4, 0.5) is 8.78 Å². The van der Waals surface area contributed by atoms with Crippen molar-refractivity contribution < 1.29 is 18.7 Å². The molecular weight excluding hydrogens is 362 g/mol. The molecule has 0 fully saturated rings. The van der Waals surface area contributed by atoms with Crippen LogP contribution in [-0.2, 0) is 6.54 Å². The summed E-state index contributed by atoms with van der Waals surface area (Å²) >= 11 is 0. The Labute approximate surface area is 159 Å². The average molecular weight is 378 g/mol. The van der Waals surface area contributed by atoms with Crippen molar-refractivity contribution in [3.05, 3.63) is 77.9 Å². The largest absolute Gasteiger partial charge is 0.478 e. The van der Waals surface area contributed by atoms with Crippen molar-refractivity contribution in [3.8, 4) is 22.5 Å². The summed E-state index contributed by atoms with van der Waals surface area (Å²) in [5.41, 5.74) is 3.03. The lowest BCUT2D eigenvalue weighted by Gasteiger charge is -2.12. The van der Waals surface area contributed by atoms with Crippen molar-refractivity contribution in [1.82, 2.24) is 9.55 Å². The van der Waals surface area contributed by atoms with E-state index in [9.17, 15) is 18.7 Å². The molecule has 0 saturated heterocycles. The van der Waals surface area contributed by atoms with Gasteiger partial charge in [-0.25, -0.2) is 18.6 Å². The van der Waals surface area contributed by atoms with E-state index < -0.39 is 17.6 Å². The summed E-state index contributed by atoms with van der Waals surface area (Å²) in [6.07, 6.45) is 0. The van der Waals surface area contributed by atoms with E-state index >= 15 is 0 Å². The van der Waals surface area contributed by atoms with E-state index in [2.05, 4.69) is 4.98 Å². The highest BCUT2D eigenvalue weighted by Crippen LogP contribution is 2.35. The minimum Gasteiger partial charge on any atom is -0.478 e. The van der Waals surface area contributed by atoms with Crippen LogP contribution in [0.15, 0.2) is 60.7 Å². The van der Waals surface area contributed by atoms with Crippen molar-refractivity contribution >= 4 is 17.0 Å². The Balaban J connectivity index is 1.97. The number of hydrogen-bond acceptors (Lipinski definition) is 2. The van der Waals surface area contributed by atoms with Crippen LogP contribution in [0.3, 0.4) is 0 Å². The van der Waals surface area contributed by atoms with Crippen LogP contribution in [0.1, 0.15) is 17.3 Å². The molecule has 4 nitrogen and oxygen atoms in total. The molecule has 1 aromatic heterocycles. The van der Waals surface area contributed by atoms with E-state index in [1.54, 1.807) is 18.2 Å². The van der Waals surface area contributed by atoms with E-state index in [0.717, 1.165) is 11.6 Å². The van der Waals surface area contributed by atoms with Gasteiger partial charge in [0.05, 0.1) is 16.6 Å². The molecular formula is C22H16F2N2O2. The maximum atomic E-state index is 14.4. The molecule has 0 aliphatic carbocycles. The Kier molecular flexibility index (Phi) is 4.39. The molecule has 0 spiro atoms. The van der Waals surface area contributed by atoms with Gasteiger partial charge < -0.3 is 9.67 Å². The molecule has 4 rings (SSSR count). The first-order valence-corrected chi connectivity index (χ1v) is 8.78. The molecule has 1 heterocycles. The zero-order chi connectivity index (χ0) is 19.8. The molecule has 6 heteroatoms. The number of fused-ring (bicyclic) bond motifs is 1. The number of rotatable bonds is 4. The second kappa shape index (κ2) is 6.88. The van der Waals surface area contributed by atoms with Crippen molar-refractivity contribution in [2.24, 2.45) is 0 Å². The molecule has 1 N–H and O–H groups in total. The topological polar surface area (TPSA) is 55.1 Å². The first-order valence-electron chi connectivity index (χ1n) is 8.78. The Morgan fingerprint density at radius 3 is 2.43 bits per heavy atom. The summed E-state index contributed by atoms with van der Waals surface area (Å²) < 4.78 is 29.7. The first kappa shape index (κ1) is 17.9. The van der Waals surface area contributed by atoms with Gasteiger partial charge in [-0.05, 0) is 42.8 Å². The minimum atomic E-state index is -1.02. The maximum absolute atomic E-state index is 14.4. The van der Waals surface area contributed by atoms with Crippen LogP contribution in [0.5, 0.6) is 0 Å². The van der Waals surface area contributed by atoms with Crippen molar-refractivity contribution in [2.45, 2.75) is 13.5 Å². The summed E-state index contributed by atoms with van der Waals surface area (Å²) in [5, 5.41) is 9.23. The highest BCUT2D eigenvalue weighted by molar-refractivity contribution is 5.94. The van der Waals surface area contributed by atoms with E-state index in [0.29, 0.717) is 29.0 Å². The molecule has 0 bridgehead atoms. The van der Waals surface area contributed by atoms with Crippen LogP contribution < -0.4 is 0 Å². The van der Waals surface area contributed by atoms with Gasteiger partial charge in [0.25, 0.3) is 0 Å². The van der Waals surface area contributed by atoms with Gasteiger partial charge in [-0.1, -0.05) is 24.3 Å². The molecule has 0 atom stereocenters. The molecule has 0 unspecified atom stereocenters. The van der Waals surface area contributed by atoms with Crippen LogP contribution in [-0.4, -0.2) is 20.6 Å². The number of carbonyl (C=O) groups is 1. The molecule has 0 saturated carbocycles. The number of halogens is 2. The number of carboxylic acids is 1. The predicted molar refractivity (Wildman–Crippen MR) is 103 cm³/mol. The SMILES string of the molecule is CCn1c(-c2ccccc2-c2ccc(F)cc2F)nc2cc(C(=O)O)ccc21. The first-order chi connectivity index (χ1) is 13.5. The van der Waals surface area contributed by atoms with Crippen LogP contribution >= 0.6 is 0 Å². The third-order valence-corrected chi connectivity index (χ3v) is 4.70. The minimum absolute atomic E-state index is 0.151.